The van der Waals surface area contributed by atoms with Crippen LogP contribution in [0.1, 0.15) is 31.2 Å². The zero-order valence-corrected chi connectivity index (χ0v) is 17.4. The molecule has 0 radical (unpaired) electrons. The van der Waals surface area contributed by atoms with Gasteiger partial charge in [0.05, 0.1) is 18.4 Å². The van der Waals surface area contributed by atoms with E-state index in [4.69, 9.17) is 4.74 Å². The largest absolute Gasteiger partial charge is 0.444 e. The summed E-state index contributed by atoms with van der Waals surface area (Å²) in [5, 5.41) is 5.70. The maximum absolute atomic E-state index is 14.7. The number of hydrogen-bond donors (Lipinski definition) is 2. The van der Waals surface area contributed by atoms with Gasteiger partial charge in [-0.1, -0.05) is 18.9 Å². The van der Waals surface area contributed by atoms with Crippen molar-refractivity contribution in [2.75, 3.05) is 34.0 Å². The molecule has 2 N–H and O–H groups in total. The van der Waals surface area contributed by atoms with Gasteiger partial charge in [0.2, 0.25) is 5.95 Å². The highest BCUT2D eigenvalue weighted by Crippen LogP contribution is 2.39. The van der Waals surface area contributed by atoms with Gasteiger partial charge in [-0.2, -0.15) is 13.8 Å². The highest BCUT2D eigenvalue weighted by molar-refractivity contribution is 6.02. The molecule has 1 fully saturated rings. The average molecular weight is 444 g/mol. The summed E-state index contributed by atoms with van der Waals surface area (Å²) < 4.78 is 34.3. The molecular weight excluding hydrogens is 422 g/mol. The maximum Gasteiger partial charge on any atom is 0.411 e. The Labute approximate surface area is 182 Å². The van der Waals surface area contributed by atoms with Crippen LogP contribution in [0.2, 0.25) is 0 Å². The van der Waals surface area contributed by atoms with Crippen LogP contribution in [0, 0.1) is 0 Å². The number of carbonyl (C=O) groups is 2. The quantitative estimate of drug-likeness (QED) is 0.746. The Hall–Kier alpha value is -3.50. The predicted octanol–water partition coefficient (Wildman–Crippen LogP) is 3.64. The Bertz CT molecular complexity index is 1090. The van der Waals surface area contributed by atoms with Crippen molar-refractivity contribution in [1.82, 2.24) is 9.97 Å². The Kier molecular flexibility index (Phi) is 4.83. The van der Waals surface area contributed by atoms with Crippen LogP contribution in [0.4, 0.5) is 42.4 Å². The molecule has 168 valence electrons. The van der Waals surface area contributed by atoms with E-state index < -0.39 is 24.5 Å². The molecule has 9 nitrogen and oxygen atoms in total. The summed E-state index contributed by atoms with van der Waals surface area (Å²) >= 11 is 0. The van der Waals surface area contributed by atoms with Crippen molar-refractivity contribution >= 4 is 40.8 Å². The Morgan fingerprint density at radius 2 is 2.03 bits per heavy atom. The number of amides is 2. The van der Waals surface area contributed by atoms with Crippen molar-refractivity contribution in [3.8, 4) is 0 Å². The van der Waals surface area contributed by atoms with Gasteiger partial charge in [0.1, 0.15) is 12.3 Å². The molecule has 1 aromatic carbocycles. The predicted molar refractivity (Wildman–Crippen MR) is 114 cm³/mol. The number of alkyl halides is 2. The molecule has 2 aliphatic heterocycles. The van der Waals surface area contributed by atoms with E-state index in [1.807, 2.05) is 0 Å². The third-order valence-electron chi connectivity index (χ3n) is 6.10. The minimum Gasteiger partial charge on any atom is -0.444 e. The summed E-state index contributed by atoms with van der Waals surface area (Å²) in [4.78, 5) is 35.1. The zero-order valence-electron chi connectivity index (χ0n) is 17.4. The van der Waals surface area contributed by atoms with Gasteiger partial charge in [0, 0.05) is 24.3 Å². The zero-order chi connectivity index (χ0) is 22.5. The number of hydrogen-bond acceptors (Lipinski definition) is 7. The van der Waals surface area contributed by atoms with Crippen LogP contribution in [-0.4, -0.2) is 47.5 Å². The molecule has 1 aliphatic carbocycles. The fraction of sp³-hybridized carbons (Fsp3) is 0.429. The summed E-state index contributed by atoms with van der Waals surface area (Å²) in [6, 6.07) is 5.20. The standard InChI is InChI=1S/C21H22F2N6O3/c1-28-16-9-24-19(25-13-7-6-12-10-32-20(31)26-15(12)8-13)27-17(16)29(14-4-2-3-5-14)11-21(22,23)18(28)30/h6-9,14H,2-5,10-11H2,1H3,(H,26,31)(H,24,25,27). The first kappa shape index (κ1) is 20.4. The van der Waals surface area contributed by atoms with Crippen LogP contribution in [0.25, 0.3) is 0 Å². The number of ether oxygens (including phenoxy) is 1. The molecule has 0 unspecified atom stereocenters. The molecule has 0 spiro atoms. The summed E-state index contributed by atoms with van der Waals surface area (Å²) in [6.07, 6.45) is 4.30. The van der Waals surface area contributed by atoms with Gasteiger partial charge in [-0.3, -0.25) is 10.1 Å². The van der Waals surface area contributed by atoms with Crippen LogP contribution < -0.4 is 20.4 Å². The number of rotatable bonds is 3. The first-order valence-corrected chi connectivity index (χ1v) is 10.5. The molecule has 3 heterocycles. The van der Waals surface area contributed by atoms with Crippen LogP contribution in [0.3, 0.4) is 0 Å². The second kappa shape index (κ2) is 7.57. The van der Waals surface area contributed by atoms with Gasteiger partial charge < -0.3 is 19.9 Å². The van der Waals surface area contributed by atoms with Gasteiger partial charge >= 0.3 is 12.0 Å². The van der Waals surface area contributed by atoms with E-state index in [1.54, 1.807) is 23.1 Å². The third-order valence-corrected chi connectivity index (χ3v) is 6.10. The van der Waals surface area contributed by atoms with Crippen molar-refractivity contribution in [2.45, 2.75) is 44.3 Å². The number of fused-ring (bicyclic) bond motifs is 2. The Morgan fingerprint density at radius 3 is 2.81 bits per heavy atom. The van der Waals surface area contributed by atoms with Crippen LogP contribution >= 0.6 is 0 Å². The molecule has 5 rings (SSSR count). The minimum absolute atomic E-state index is 0.111. The van der Waals surface area contributed by atoms with E-state index in [1.165, 1.54) is 13.2 Å². The molecule has 2 aromatic rings. The lowest BCUT2D eigenvalue weighted by atomic mass is 10.1. The molecule has 11 heteroatoms. The minimum atomic E-state index is -3.52. The fourth-order valence-electron chi connectivity index (χ4n) is 4.42. The number of halogens is 2. The van der Waals surface area contributed by atoms with Gasteiger partial charge in [0.15, 0.2) is 5.82 Å². The molecule has 1 aromatic heterocycles. The van der Waals surface area contributed by atoms with Crippen molar-refractivity contribution in [3.05, 3.63) is 30.0 Å². The number of aromatic nitrogens is 2. The lowest BCUT2D eigenvalue weighted by Crippen LogP contribution is -2.48. The maximum atomic E-state index is 14.7. The van der Waals surface area contributed by atoms with E-state index in [-0.39, 0.29) is 24.3 Å². The molecule has 0 atom stereocenters. The molecule has 0 saturated heterocycles. The summed E-state index contributed by atoms with van der Waals surface area (Å²) in [6.45, 7) is -0.531. The fourth-order valence-corrected chi connectivity index (χ4v) is 4.42. The highest BCUT2D eigenvalue weighted by Gasteiger charge is 2.48. The second-order valence-electron chi connectivity index (χ2n) is 8.24. The molecule has 32 heavy (non-hydrogen) atoms. The van der Waals surface area contributed by atoms with Crippen molar-refractivity contribution in [3.63, 3.8) is 0 Å². The Balaban J connectivity index is 1.50. The Morgan fingerprint density at radius 1 is 1.25 bits per heavy atom. The van der Waals surface area contributed by atoms with E-state index in [9.17, 15) is 18.4 Å². The van der Waals surface area contributed by atoms with Gasteiger partial charge in [-0.15, -0.1) is 0 Å². The number of nitrogens with zero attached hydrogens (tertiary/aromatic N) is 4. The van der Waals surface area contributed by atoms with Crippen LogP contribution in [-0.2, 0) is 16.1 Å². The lowest BCUT2D eigenvalue weighted by Gasteiger charge is -2.31. The monoisotopic (exact) mass is 444 g/mol. The summed E-state index contributed by atoms with van der Waals surface area (Å²) in [5.74, 6) is -4.28. The van der Waals surface area contributed by atoms with Gasteiger partial charge in [-0.05, 0) is 25.0 Å². The van der Waals surface area contributed by atoms with Crippen molar-refractivity contribution in [2.24, 2.45) is 0 Å². The van der Waals surface area contributed by atoms with E-state index >= 15 is 0 Å². The number of anilines is 5. The lowest BCUT2D eigenvalue weighted by molar-refractivity contribution is -0.140. The van der Waals surface area contributed by atoms with E-state index in [0.29, 0.717) is 17.2 Å². The van der Waals surface area contributed by atoms with Gasteiger partial charge in [-0.25, -0.2) is 9.78 Å². The van der Waals surface area contributed by atoms with Crippen molar-refractivity contribution in [1.29, 1.82) is 0 Å². The second-order valence-corrected chi connectivity index (χ2v) is 8.24. The molecule has 1 saturated carbocycles. The number of cyclic esters (lactones) is 1. The van der Waals surface area contributed by atoms with Crippen molar-refractivity contribution < 1.29 is 23.1 Å². The topological polar surface area (TPSA) is 99.7 Å². The summed E-state index contributed by atoms with van der Waals surface area (Å²) in [5.41, 5.74) is 2.30. The molecule has 3 aliphatic rings. The van der Waals surface area contributed by atoms with E-state index in [0.717, 1.165) is 36.1 Å². The smallest absolute Gasteiger partial charge is 0.411 e. The molecule has 2 amide bonds. The molecule has 0 bridgehead atoms. The molecular formula is C21H22F2N6O3. The number of benzene rings is 1. The number of carbonyl (C=O) groups excluding carboxylic acids is 2. The average Bonchev–Trinajstić information content (AvgIpc) is 3.29. The normalized spacial score (nSPS) is 20.2. The highest BCUT2D eigenvalue weighted by atomic mass is 19.3. The van der Waals surface area contributed by atoms with Crippen LogP contribution in [0.5, 0.6) is 0 Å². The first-order valence-electron chi connectivity index (χ1n) is 10.5. The number of nitrogens with one attached hydrogen (secondary N) is 2. The van der Waals surface area contributed by atoms with E-state index in [2.05, 4.69) is 20.6 Å². The summed E-state index contributed by atoms with van der Waals surface area (Å²) in [7, 11) is 1.32. The first-order chi connectivity index (χ1) is 15.3. The van der Waals surface area contributed by atoms with Gasteiger partial charge in [0.25, 0.3) is 5.91 Å². The van der Waals surface area contributed by atoms with Crippen LogP contribution in [0.15, 0.2) is 24.4 Å². The SMILES string of the molecule is CN1C(=O)C(F)(F)CN(C2CCCC2)c2nc(Nc3ccc4c(c3)NC(=O)OC4)ncc21. The third kappa shape index (κ3) is 3.57.